The Morgan fingerprint density at radius 2 is 2.45 bits per heavy atom. The van der Waals surface area contributed by atoms with Gasteiger partial charge in [0.1, 0.15) is 4.60 Å². The Labute approximate surface area is 72.8 Å². The zero-order valence-electron chi connectivity index (χ0n) is 5.54. The lowest BCUT2D eigenvalue weighted by atomic mass is 10.3. The quantitative estimate of drug-likeness (QED) is 0.368. The molecule has 3 heteroatoms. The fourth-order valence-electron chi connectivity index (χ4n) is 0.593. The molecule has 0 bridgehead atoms. The Morgan fingerprint density at radius 1 is 1.64 bits per heavy atom. The van der Waals surface area contributed by atoms with Gasteiger partial charge in [-0.05, 0) is 34.0 Å². The molecule has 54 valence electrons. The van der Waals surface area contributed by atoms with Gasteiger partial charge in [0.25, 0.3) is 0 Å². The maximum atomic E-state index is 9.86. The topological polar surface area (TPSA) is 30.0 Å². The summed E-state index contributed by atoms with van der Waals surface area (Å²) in [6, 6.07) is 3.48. The van der Waals surface area contributed by atoms with Crippen LogP contribution in [0.2, 0.25) is 0 Å². The second-order valence-corrected chi connectivity index (χ2v) is 2.57. The first-order valence-electron chi connectivity index (χ1n) is 2.89. The molecule has 0 atom stereocenters. The molecule has 0 saturated heterocycles. The highest BCUT2D eigenvalue weighted by Gasteiger charge is 1.87. The molecule has 2 nitrogen and oxygen atoms in total. The Balaban J connectivity index is 2.96. The number of nitrogens with zero attached hydrogens (tertiary/aromatic N) is 1. The maximum absolute atomic E-state index is 9.86. The fraction of sp³-hybridized carbons (Fsp3) is 0. The van der Waals surface area contributed by atoms with Crippen molar-refractivity contribution < 1.29 is 4.79 Å². The molecule has 0 aliphatic heterocycles. The van der Waals surface area contributed by atoms with Crippen molar-refractivity contribution in [2.75, 3.05) is 0 Å². The van der Waals surface area contributed by atoms with E-state index in [1.165, 1.54) is 0 Å². The first-order chi connectivity index (χ1) is 5.33. The second-order valence-electron chi connectivity index (χ2n) is 1.75. The normalized spacial score (nSPS) is 8.09. The Kier molecular flexibility index (Phi) is 2.82. The summed E-state index contributed by atoms with van der Waals surface area (Å²) in [6.07, 6.45) is 2.19. The van der Waals surface area contributed by atoms with Crippen molar-refractivity contribution in [1.29, 1.82) is 0 Å². The number of aromatic nitrogens is 1. The van der Waals surface area contributed by atoms with Gasteiger partial charge in [0.15, 0.2) is 6.29 Å². The van der Waals surface area contributed by atoms with Crippen molar-refractivity contribution in [3.63, 3.8) is 0 Å². The van der Waals surface area contributed by atoms with E-state index in [-0.39, 0.29) is 0 Å². The van der Waals surface area contributed by atoms with Crippen LogP contribution in [0.5, 0.6) is 0 Å². The summed E-state index contributed by atoms with van der Waals surface area (Å²) in [5.74, 6) is 4.96. The first-order valence-corrected chi connectivity index (χ1v) is 3.69. The van der Waals surface area contributed by atoms with Crippen LogP contribution in [0.4, 0.5) is 0 Å². The summed E-state index contributed by atoms with van der Waals surface area (Å²) in [5, 5.41) is 0. The molecule has 0 aromatic carbocycles. The van der Waals surface area contributed by atoms with Gasteiger partial charge < -0.3 is 0 Å². The van der Waals surface area contributed by atoms with Gasteiger partial charge in [-0.3, -0.25) is 4.79 Å². The molecule has 0 aliphatic carbocycles. The van der Waals surface area contributed by atoms with Crippen LogP contribution in [-0.4, -0.2) is 11.3 Å². The Morgan fingerprint density at radius 3 is 3.09 bits per heavy atom. The number of aldehydes is 1. The monoisotopic (exact) mass is 209 g/mol. The van der Waals surface area contributed by atoms with Crippen molar-refractivity contribution in [1.82, 2.24) is 4.98 Å². The number of carbonyl (C=O) groups is 1. The van der Waals surface area contributed by atoms with E-state index in [2.05, 4.69) is 32.8 Å². The fourth-order valence-corrected chi connectivity index (χ4v) is 0.958. The summed E-state index contributed by atoms with van der Waals surface area (Å²) >= 11 is 3.19. The molecule has 0 saturated carbocycles. The van der Waals surface area contributed by atoms with Crippen molar-refractivity contribution in [2.24, 2.45) is 0 Å². The number of hydrogen-bond acceptors (Lipinski definition) is 2. The number of halogens is 1. The minimum Gasteiger partial charge on any atom is -0.289 e. The zero-order valence-corrected chi connectivity index (χ0v) is 7.13. The molecule has 0 fully saturated rings. The summed E-state index contributed by atoms with van der Waals surface area (Å²) in [5.41, 5.74) is 0.777. The van der Waals surface area contributed by atoms with Crippen molar-refractivity contribution in [2.45, 2.75) is 0 Å². The van der Waals surface area contributed by atoms with Crippen LogP contribution >= 0.6 is 15.9 Å². The van der Waals surface area contributed by atoms with Crippen LogP contribution in [0.1, 0.15) is 5.56 Å². The second kappa shape index (κ2) is 3.89. The highest BCUT2D eigenvalue weighted by Crippen LogP contribution is 2.06. The van der Waals surface area contributed by atoms with Crippen LogP contribution in [0, 0.1) is 11.8 Å². The van der Waals surface area contributed by atoms with Crippen LogP contribution in [0.25, 0.3) is 0 Å². The average Bonchev–Trinajstić information content (AvgIpc) is 2.01. The molecule has 0 aliphatic rings. The SMILES string of the molecule is O=CC#Cc1ccnc(Br)c1. The molecular weight excluding hydrogens is 206 g/mol. The van der Waals surface area contributed by atoms with E-state index in [9.17, 15) is 4.79 Å². The molecule has 0 spiro atoms. The molecule has 0 radical (unpaired) electrons. The number of rotatable bonds is 0. The molecule has 0 unspecified atom stereocenters. The third-order valence-electron chi connectivity index (χ3n) is 1.00. The first kappa shape index (κ1) is 7.96. The third-order valence-corrected chi connectivity index (χ3v) is 1.44. The van der Waals surface area contributed by atoms with Gasteiger partial charge in [0, 0.05) is 11.8 Å². The van der Waals surface area contributed by atoms with Crippen molar-refractivity contribution in [3.05, 3.63) is 28.5 Å². The van der Waals surface area contributed by atoms with Crippen molar-refractivity contribution in [3.8, 4) is 11.8 Å². The lowest BCUT2D eigenvalue weighted by Gasteiger charge is -1.88. The predicted octanol–water partition coefficient (Wildman–Crippen LogP) is 1.39. The standard InChI is InChI=1S/C8H4BrNO/c9-8-6-7(2-1-5-11)3-4-10-8/h3-6H. The van der Waals surface area contributed by atoms with Gasteiger partial charge in [-0.15, -0.1) is 0 Å². The van der Waals surface area contributed by atoms with E-state index < -0.39 is 0 Å². The van der Waals surface area contributed by atoms with Gasteiger partial charge in [-0.25, -0.2) is 4.98 Å². The zero-order chi connectivity index (χ0) is 8.10. The average molecular weight is 210 g/mol. The lowest BCUT2D eigenvalue weighted by molar-refractivity contribution is -0.103. The van der Waals surface area contributed by atoms with E-state index in [0.717, 1.165) is 10.2 Å². The van der Waals surface area contributed by atoms with E-state index >= 15 is 0 Å². The van der Waals surface area contributed by atoms with Gasteiger partial charge >= 0.3 is 0 Å². The number of hydrogen-bond donors (Lipinski definition) is 0. The largest absolute Gasteiger partial charge is 0.289 e. The molecule has 1 rings (SSSR count). The summed E-state index contributed by atoms with van der Waals surface area (Å²) in [7, 11) is 0. The minimum atomic E-state index is 0.564. The van der Waals surface area contributed by atoms with Gasteiger partial charge in [0.2, 0.25) is 0 Å². The molecule has 1 aromatic heterocycles. The lowest BCUT2D eigenvalue weighted by Crippen LogP contribution is -1.77. The third kappa shape index (κ3) is 2.52. The van der Waals surface area contributed by atoms with Crippen LogP contribution < -0.4 is 0 Å². The number of carbonyl (C=O) groups excluding carboxylic acids is 1. The van der Waals surface area contributed by atoms with Gasteiger partial charge in [-0.2, -0.15) is 0 Å². The molecule has 0 amide bonds. The molecular formula is C8H4BrNO. The Hall–Kier alpha value is -1.14. The number of pyridine rings is 1. The van der Waals surface area contributed by atoms with E-state index in [4.69, 9.17) is 0 Å². The summed E-state index contributed by atoms with van der Waals surface area (Å²) < 4.78 is 0.718. The highest BCUT2D eigenvalue weighted by molar-refractivity contribution is 9.10. The summed E-state index contributed by atoms with van der Waals surface area (Å²) in [6.45, 7) is 0. The van der Waals surface area contributed by atoms with Crippen molar-refractivity contribution >= 4 is 22.2 Å². The van der Waals surface area contributed by atoms with E-state index in [1.54, 1.807) is 18.3 Å². The molecule has 0 N–H and O–H groups in total. The summed E-state index contributed by atoms with van der Waals surface area (Å²) in [4.78, 5) is 13.8. The maximum Gasteiger partial charge on any atom is 0.193 e. The van der Waals surface area contributed by atoms with Gasteiger partial charge in [0.05, 0.1) is 0 Å². The molecule has 11 heavy (non-hydrogen) atoms. The minimum absolute atomic E-state index is 0.564. The highest BCUT2D eigenvalue weighted by atomic mass is 79.9. The molecule has 1 aromatic rings. The predicted molar refractivity (Wildman–Crippen MR) is 44.9 cm³/mol. The van der Waals surface area contributed by atoms with E-state index in [1.807, 2.05) is 0 Å². The molecule has 1 heterocycles. The van der Waals surface area contributed by atoms with Gasteiger partial charge in [-0.1, -0.05) is 5.92 Å². The smallest absolute Gasteiger partial charge is 0.193 e. The van der Waals surface area contributed by atoms with Crippen LogP contribution in [-0.2, 0) is 4.79 Å². The van der Waals surface area contributed by atoms with Crippen LogP contribution in [0.3, 0.4) is 0 Å². The van der Waals surface area contributed by atoms with E-state index in [0.29, 0.717) is 6.29 Å². The Bertz CT molecular complexity index is 324. The van der Waals surface area contributed by atoms with Crippen LogP contribution in [0.15, 0.2) is 22.9 Å².